The highest BCUT2D eigenvalue weighted by Crippen LogP contribution is 2.19. The number of nitrogens with one attached hydrogen (secondary N) is 2. The SMILES string of the molecule is COC(=O)COc1ccc(NC(=O)C2Cc3ccccc3CN2)cc1.Cl. The first-order valence-corrected chi connectivity index (χ1v) is 8.06. The van der Waals surface area contributed by atoms with Gasteiger partial charge in [-0.3, -0.25) is 4.79 Å². The van der Waals surface area contributed by atoms with Crippen molar-refractivity contribution in [1.29, 1.82) is 0 Å². The number of rotatable bonds is 5. The molecule has 1 aliphatic rings. The van der Waals surface area contributed by atoms with Gasteiger partial charge in [-0.2, -0.15) is 0 Å². The van der Waals surface area contributed by atoms with Gasteiger partial charge in [0, 0.05) is 12.2 Å². The van der Waals surface area contributed by atoms with E-state index in [0.717, 1.165) is 0 Å². The summed E-state index contributed by atoms with van der Waals surface area (Å²) in [7, 11) is 1.31. The van der Waals surface area contributed by atoms with E-state index < -0.39 is 5.97 Å². The molecule has 0 spiro atoms. The maximum atomic E-state index is 12.5. The van der Waals surface area contributed by atoms with E-state index in [1.807, 2.05) is 12.1 Å². The number of hydrogen-bond acceptors (Lipinski definition) is 5. The largest absolute Gasteiger partial charge is 0.482 e. The van der Waals surface area contributed by atoms with Crippen molar-refractivity contribution in [3.05, 3.63) is 59.7 Å². The second-order valence-corrected chi connectivity index (χ2v) is 5.78. The van der Waals surface area contributed by atoms with Crippen molar-refractivity contribution in [3.63, 3.8) is 0 Å². The van der Waals surface area contributed by atoms with Crippen LogP contribution in [0.2, 0.25) is 0 Å². The predicted octanol–water partition coefficient (Wildman–Crippen LogP) is 2.31. The van der Waals surface area contributed by atoms with Crippen LogP contribution in [0.4, 0.5) is 5.69 Å². The first-order valence-electron chi connectivity index (χ1n) is 8.06. The van der Waals surface area contributed by atoms with Crippen molar-refractivity contribution in [2.45, 2.75) is 19.0 Å². The number of anilines is 1. The number of amides is 1. The number of carbonyl (C=O) groups excluding carboxylic acids is 2. The van der Waals surface area contributed by atoms with E-state index in [1.165, 1.54) is 18.2 Å². The zero-order valence-corrected chi connectivity index (χ0v) is 15.2. The molecule has 1 aliphatic heterocycles. The van der Waals surface area contributed by atoms with E-state index >= 15 is 0 Å². The first-order chi connectivity index (χ1) is 12.2. The van der Waals surface area contributed by atoms with Crippen LogP contribution in [-0.4, -0.2) is 31.6 Å². The molecule has 0 bridgehead atoms. The lowest BCUT2D eigenvalue weighted by atomic mass is 9.95. The summed E-state index contributed by atoms with van der Waals surface area (Å²) in [5.74, 6) is 0.0203. The molecule has 0 radical (unpaired) electrons. The zero-order chi connectivity index (χ0) is 17.6. The molecule has 1 heterocycles. The number of fused-ring (bicyclic) bond motifs is 1. The van der Waals surface area contributed by atoms with Gasteiger partial charge in [-0.1, -0.05) is 24.3 Å². The van der Waals surface area contributed by atoms with Gasteiger partial charge in [0.15, 0.2) is 6.61 Å². The highest BCUT2D eigenvalue weighted by atomic mass is 35.5. The Bertz CT molecular complexity index is 764. The van der Waals surface area contributed by atoms with Crippen LogP contribution in [0.3, 0.4) is 0 Å². The quantitative estimate of drug-likeness (QED) is 0.783. The molecule has 0 fully saturated rings. The number of carbonyl (C=O) groups is 2. The average Bonchev–Trinajstić information content (AvgIpc) is 2.66. The summed E-state index contributed by atoms with van der Waals surface area (Å²) in [6, 6.07) is 14.7. The van der Waals surface area contributed by atoms with Gasteiger partial charge in [-0.15, -0.1) is 12.4 Å². The molecule has 2 aromatic rings. The molecule has 26 heavy (non-hydrogen) atoms. The van der Waals surface area contributed by atoms with Crippen molar-refractivity contribution in [2.75, 3.05) is 19.0 Å². The van der Waals surface area contributed by atoms with Crippen LogP contribution in [0.15, 0.2) is 48.5 Å². The fourth-order valence-electron chi connectivity index (χ4n) is 2.70. The molecule has 6 nitrogen and oxygen atoms in total. The molecule has 1 atom stereocenters. The molecular formula is C19H21ClN2O4. The molecule has 0 saturated heterocycles. The minimum atomic E-state index is -0.443. The number of methoxy groups -OCH3 is 1. The molecule has 1 unspecified atom stereocenters. The first kappa shape index (κ1) is 19.8. The standard InChI is InChI=1S/C19H20N2O4.ClH/c1-24-18(22)12-25-16-8-6-15(7-9-16)21-19(23)17-10-13-4-2-3-5-14(13)11-20-17;/h2-9,17,20H,10-12H2,1H3,(H,21,23);1H. The predicted molar refractivity (Wildman–Crippen MR) is 101 cm³/mol. The minimum Gasteiger partial charge on any atom is -0.482 e. The Kier molecular flexibility index (Phi) is 7.00. The fraction of sp³-hybridized carbons (Fsp3) is 0.263. The summed E-state index contributed by atoms with van der Waals surface area (Å²) < 4.78 is 9.79. The van der Waals surface area contributed by atoms with Crippen molar-refractivity contribution >= 4 is 30.0 Å². The van der Waals surface area contributed by atoms with E-state index in [2.05, 4.69) is 27.5 Å². The third kappa shape index (κ3) is 4.97. The van der Waals surface area contributed by atoms with E-state index in [1.54, 1.807) is 24.3 Å². The summed E-state index contributed by atoms with van der Waals surface area (Å²) in [4.78, 5) is 23.5. The van der Waals surface area contributed by atoms with Crippen LogP contribution < -0.4 is 15.4 Å². The Labute approximate surface area is 158 Å². The van der Waals surface area contributed by atoms with Gasteiger partial charge in [0.2, 0.25) is 5.91 Å². The normalized spacial score (nSPS) is 15.2. The maximum Gasteiger partial charge on any atom is 0.343 e. The van der Waals surface area contributed by atoms with Crippen molar-refractivity contribution in [1.82, 2.24) is 5.32 Å². The molecule has 7 heteroatoms. The molecule has 0 saturated carbocycles. The Balaban J connectivity index is 0.00000243. The monoisotopic (exact) mass is 376 g/mol. The summed E-state index contributed by atoms with van der Waals surface area (Å²) >= 11 is 0. The summed E-state index contributed by atoms with van der Waals surface area (Å²) in [5, 5.41) is 6.15. The molecular weight excluding hydrogens is 356 g/mol. The summed E-state index contributed by atoms with van der Waals surface area (Å²) in [6.07, 6.45) is 0.669. The van der Waals surface area contributed by atoms with E-state index in [4.69, 9.17) is 4.74 Å². The Hall–Kier alpha value is -2.57. The van der Waals surface area contributed by atoms with Gasteiger partial charge in [-0.05, 0) is 41.8 Å². The van der Waals surface area contributed by atoms with Crippen LogP contribution >= 0.6 is 12.4 Å². The lowest BCUT2D eigenvalue weighted by molar-refractivity contribution is -0.142. The van der Waals surface area contributed by atoms with Crippen LogP contribution in [-0.2, 0) is 27.3 Å². The number of benzene rings is 2. The zero-order valence-electron chi connectivity index (χ0n) is 14.4. The van der Waals surface area contributed by atoms with Crippen LogP contribution in [0.25, 0.3) is 0 Å². The van der Waals surface area contributed by atoms with Crippen molar-refractivity contribution in [2.24, 2.45) is 0 Å². The minimum absolute atomic E-state index is 0. The topological polar surface area (TPSA) is 76.7 Å². The molecule has 0 aromatic heterocycles. The number of ether oxygens (including phenoxy) is 2. The summed E-state index contributed by atoms with van der Waals surface area (Å²) in [5.41, 5.74) is 3.11. The third-order valence-electron chi connectivity index (χ3n) is 4.10. The van der Waals surface area contributed by atoms with E-state index in [9.17, 15) is 9.59 Å². The van der Waals surface area contributed by atoms with Crippen LogP contribution in [0, 0.1) is 0 Å². The number of halogens is 1. The van der Waals surface area contributed by atoms with Crippen LogP contribution in [0.1, 0.15) is 11.1 Å². The van der Waals surface area contributed by atoms with Gasteiger partial charge < -0.3 is 20.1 Å². The number of hydrogen-bond donors (Lipinski definition) is 2. The third-order valence-corrected chi connectivity index (χ3v) is 4.10. The fourth-order valence-corrected chi connectivity index (χ4v) is 2.70. The molecule has 2 N–H and O–H groups in total. The Morgan fingerprint density at radius 2 is 1.81 bits per heavy atom. The molecule has 0 aliphatic carbocycles. The highest BCUT2D eigenvalue weighted by molar-refractivity contribution is 5.95. The van der Waals surface area contributed by atoms with Gasteiger partial charge >= 0.3 is 5.97 Å². The highest BCUT2D eigenvalue weighted by Gasteiger charge is 2.23. The van der Waals surface area contributed by atoms with Crippen molar-refractivity contribution in [3.8, 4) is 5.75 Å². The van der Waals surface area contributed by atoms with Crippen LogP contribution in [0.5, 0.6) is 5.75 Å². The summed E-state index contributed by atoms with van der Waals surface area (Å²) in [6.45, 7) is 0.544. The van der Waals surface area contributed by atoms with Gasteiger partial charge in [-0.25, -0.2) is 4.79 Å². The van der Waals surface area contributed by atoms with Gasteiger partial charge in [0.05, 0.1) is 13.2 Å². The van der Waals surface area contributed by atoms with Gasteiger partial charge in [0.1, 0.15) is 5.75 Å². The Morgan fingerprint density at radius 3 is 2.50 bits per heavy atom. The lowest BCUT2D eigenvalue weighted by Gasteiger charge is -2.25. The van der Waals surface area contributed by atoms with E-state index in [0.29, 0.717) is 24.4 Å². The lowest BCUT2D eigenvalue weighted by Crippen LogP contribution is -2.44. The Morgan fingerprint density at radius 1 is 1.12 bits per heavy atom. The average molecular weight is 377 g/mol. The number of esters is 1. The maximum absolute atomic E-state index is 12.5. The second kappa shape index (κ2) is 9.22. The molecule has 3 rings (SSSR count). The second-order valence-electron chi connectivity index (χ2n) is 5.78. The smallest absolute Gasteiger partial charge is 0.343 e. The van der Waals surface area contributed by atoms with Crippen molar-refractivity contribution < 1.29 is 19.1 Å². The van der Waals surface area contributed by atoms with E-state index in [-0.39, 0.29) is 31.0 Å². The molecule has 1 amide bonds. The van der Waals surface area contributed by atoms with Gasteiger partial charge in [0.25, 0.3) is 0 Å². The molecule has 2 aromatic carbocycles. The molecule has 138 valence electrons.